The third kappa shape index (κ3) is 3.32. The molecule has 1 aromatic heterocycles. The lowest BCUT2D eigenvalue weighted by Crippen LogP contribution is -2.18. The van der Waals surface area contributed by atoms with Gasteiger partial charge >= 0.3 is 0 Å². The van der Waals surface area contributed by atoms with Crippen molar-refractivity contribution < 1.29 is 0 Å². The predicted molar refractivity (Wildman–Crippen MR) is 70.9 cm³/mol. The summed E-state index contributed by atoms with van der Waals surface area (Å²) in [5.74, 6) is 0.961. The fraction of sp³-hybridized carbons (Fsp3) is 0.786. The van der Waals surface area contributed by atoms with Gasteiger partial charge in [0, 0.05) is 18.3 Å². The highest BCUT2D eigenvalue weighted by Crippen LogP contribution is 2.33. The standard InChI is InChI=1S/C14H25N3/c1-3-12-5-7-14(8-6-12)17-11-13(10-16-17)9-15-4-2/h10-12,14-15H,3-9H2,1-2H3. The van der Waals surface area contributed by atoms with Crippen LogP contribution < -0.4 is 5.32 Å². The van der Waals surface area contributed by atoms with Crippen molar-refractivity contribution in [2.75, 3.05) is 6.54 Å². The first-order valence-electron chi connectivity index (χ1n) is 7.07. The van der Waals surface area contributed by atoms with E-state index in [1.54, 1.807) is 0 Å². The first-order chi connectivity index (χ1) is 8.33. The van der Waals surface area contributed by atoms with Crippen LogP contribution in [-0.4, -0.2) is 16.3 Å². The Labute approximate surface area is 105 Å². The first kappa shape index (κ1) is 12.6. The monoisotopic (exact) mass is 235 g/mol. The number of hydrogen-bond donors (Lipinski definition) is 1. The highest BCUT2D eigenvalue weighted by molar-refractivity contribution is 5.04. The molecule has 1 N–H and O–H groups in total. The Hall–Kier alpha value is -0.830. The minimum atomic E-state index is 0.646. The number of nitrogens with zero attached hydrogens (tertiary/aromatic N) is 2. The van der Waals surface area contributed by atoms with Crippen molar-refractivity contribution in [3.05, 3.63) is 18.0 Å². The van der Waals surface area contributed by atoms with Crippen LogP contribution in [0.2, 0.25) is 0 Å². The van der Waals surface area contributed by atoms with Gasteiger partial charge in [-0.25, -0.2) is 0 Å². The summed E-state index contributed by atoms with van der Waals surface area (Å²) >= 11 is 0. The van der Waals surface area contributed by atoms with Gasteiger partial charge in [0.15, 0.2) is 0 Å². The molecule has 0 amide bonds. The number of hydrogen-bond acceptors (Lipinski definition) is 2. The summed E-state index contributed by atoms with van der Waals surface area (Å²) in [4.78, 5) is 0. The summed E-state index contributed by atoms with van der Waals surface area (Å²) in [5.41, 5.74) is 1.31. The van der Waals surface area contributed by atoms with Crippen LogP contribution in [0, 0.1) is 5.92 Å². The molecule has 0 atom stereocenters. The van der Waals surface area contributed by atoms with Gasteiger partial charge in [-0.15, -0.1) is 0 Å². The maximum atomic E-state index is 4.52. The molecule has 0 bridgehead atoms. The largest absolute Gasteiger partial charge is 0.313 e. The van der Waals surface area contributed by atoms with Crippen LogP contribution in [0.25, 0.3) is 0 Å². The zero-order valence-electron chi connectivity index (χ0n) is 11.2. The fourth-order valence-corrected chi connectivity index (χ4v) is 2.76. The van der Waals surface area contributed by atoms with Crippen LogP contribution in [0.15, 0.2) is 12.4 Å². The van der Waals surface area contributed by atoms with Gasteiger partial charge in [0.05, 0.1) is 12.2 Å². The Morgan fingerprint density at radius 2 is 2.06 bits per heavy atom. The Morgan fingerprint density at radius 1 is 1.29 bits per heavy atom. The third-order valence-electron chi connectivity index (χ3n) is 4.00. The second-order valence-electron chi connectivity index (χ2n) is 5.19. The average Bonchev–Trinajstić information content (AvgIpc) is 2.85. The molecule has 3 nitrogen and oxygen atoms in total. The van der Waals surface area contributed by atoms with Crippen molar-refractivity contribution in [2.45, 2.75) is 58.5 Å². The third-order valence-corrected chi connectivity index (χ3v) is 4.00. The first-order valence-corrected chi connectivity index (χ1v) is 7.07. The summed E-state index contributed by atoms with van der Waals surface area (Å²) in [6.07, 6.45) is 10.9. The van der Waals surface area contributed by atoms with Crippen molar-refractivity contribution in [3.63, 3.8) is 0 Å². The van der Waals surface area contributed by atoms with E-state index in [0.29, 0.717) is 6.04 Å². The van der Waals surface area contributed by atoms with Gasteiger partial charge in [0.2, 0.25) is 0 Å². The molecule has 1 aliphatic rings. The molecule has 17 heavy (non-hydrogen) atoms. The van der Waals surface area contributed by atoms with E-state index in [0.717, 1.165) is 19.0 Å². The van der Waals surface area contributed by atoms with Crippen molar-refractivity contribution in [1.29, 1.82) is 0 Å². The molecule has 1 aliphatic carbocycles. The second kappa shape index (κ2) is 6.20. The molecule has 0 radical (unpaired) electrons. The summed E-state index contributed by atoms with van der Waals surface area (Å²) in [7, 11) is 0. The van der Waals surface area contributed by atoms with E-state index < -0.39 is 0 Å². The van der Waals surface area contributed by atoms with E-state index in [-0.39, 0.29) is 0 Å². The van der Waals surface area contributed by atoms with E-state index in [1.165, 1.54) is 37.7 Å². The van der Waals surface area contributed by atoms with E-state index in [9.17, 15) is 0 Å². The molecule has 2 rings (SSSR count). The number of rotatable bonds is 5. The van der Waals surface area contributed by atoms with Crippen LogP contribution in [-0.2, 0) is 6.54 Å². The lowest BCUT2D eigenvalue weighted by atomic mass is 9.85. The minimum Gasteiger partial charge on any atom is -0.313 e. The topological polar surface area (TPSA) is 29.9 Å². The van der Waals surface area contributed by atoms with E-state index in [2.05, 4.69) is 35.1 Å². The highest BCUT2D eigenvalue weighted by Gasteiger charge is 2.21. The van der Waals surface area contributed by atoms with Crippen molar-refractivity contribution in [1.82, 2.24) is 15.1 Å². The molecule has 3 heteroatoms. The molecule has 0 saturated heterocycles. The second-order valence-corrected chi connectivity index (χ2v) is 5.19. The summed E-state index contributed by atoms with van der Waals surface area (Å²) in [6, 6.07) is 0.646. The molecule has 0 aliphatic heterocycles. The van der Waals surface area contributed by atoms with Gasteiger partial charge in [0.1, 0.15) is 0 Å². The molecule has 1 heterocycles. The quantitative estimate of drug-likeness (QED) is 0.849. The Balaban J connectivity index is 1.87. The zero-order chi connectivity index (χ0) is 12.1. The van der Waals surface area contributed by atoms with Gasteiger partial charge in [-0.3, -0.25) is 4.68 Å². The van der Waals surface area contributed by atoms with Gasteiger partial charge in [0.25, 0.3) is 0 Å². The molecule has 1 aromatic rings. The lowest BCUT2D eigenvalue weighted by molar-refractivity contribution is 0.256. The molecule has 96 valence electrons. The maximum Gasteiger partial charge on any atom is 0.0534 e. The molecule has 1 fully saturated rings. The van der Waals surface area contributed by atoms with Gasteiger partial charge in [-0.05, 0) is 38.1 Å². The molecule has 1 saturated carbocycles. The molecular weight excluding hydrogens is 210 g/mol. The van der Waals surface area contributed by atoms with E-state index in [4.69, 9.17) is 0 Å². The Morgan fingerprint density at radius 3 is 2.71 bits per heavy atom. The average molecular weight is 235 g/mol. The molecule has 0 spiro atoms. The smallest absolute Gasteiger partial charge is 0.0534 e. The fourth-order valence-electron chi connectivity index (χ4n) is 2.76. The maximum absolute atomic E-state index is 4.52. The molecule has 0 unspecified atom stereocenters. The van der Waals surface area contributed by atoms with Crippen LogP contribution in [0.3, 0.4) is 0 Å². The van der Waals surface area contributed by atoms with E-state index >= 15 is 0 Å². The lowest BCUT2D eigenvalue weighted by Gasteiger charge is -2.27. The van der Waals surface area contributed by atoms with E-state index in [1.807, 2.05) is 6.20 Å². The minimum absolute atomic E-state index is 0.646. The van der Waals surface area contributed by atoms with Crippen molar-refractivity contribution >= 4 is 0 Å². The SMILES string of the molecule is CCNCc1cnn(C2CCC(CC)CC2)c1. The van der Waals surface area contributed by atoms with Crippen molar-refractivity contribution in [3.8, 4) is 0 Å². The van der Waals surface area contributed by atoms with Gasteiger partial charge in [-0.2, -0.15) is 5.10 Å². The van der Waals surface area contributed by atoms with Gasteiger partial charge in [-0.1, -0.05) is 20.3 Å². The van der Waals surface area contributed by atoms with Gasteiger partial charge < -0.3 is 5.32 Å². The Kier molecular flexibility index (Phi) is 4.60. The zero-order valence-corrected chi connectivity index (χ0v) is 11.2. The predicted octanol–water partition coefficient (Wildman–Crippen LogP) is 3.13. The molecular formula is C14H25N3. The summed E-state index contributed by atoms with van der Waals surface area (Å²) in [6.45, 7) is 6.41. The normalized spacial score (nSPS) is 25.1. The number of aromatic nitrogens is 2. The van der Waals surface area contributed by atoms with Crippen LogP contribution in [0.1, 0.15) is 57.6 Å². The molecule has 0 aromatic carbocycles. The summed E-state index contributed by atoms with van der Waals surface area (Å²) < 4.78 is 2.19. The van der Waals surface area contributed by atoms with Crippen molar-refractivity contribution in [2.24, 2.45) is 5.92 Å². The number of nitrogens with one attached hydrogen (secondary N) is 1. The van der Waals surface area contributed by atoms with Crippen LogP contribution >= 0.6 is 0 Å². The highest BCUT2D eigenvalue weighted by atomic mass is 15.3. The van der Waals surface area contributed by atoms with Crippen LogP contribution in [0.5, 0.6) is 0 Å². The van der Waals surface area contributed by atoms with Crippen LogP contribution in [0.4, 0.5) is 0 Å². The summed E-state index contributed by atoms with van der Waals surface area (Å²) in [5, 5.41) is 7.86. The Bertz CT molecular complexity index is 324.